The lowest BCUT2D eigenvalue weighted by molar-refractivity contribution is -0.0974. The Morgan fingerprint density at radius 3 is 2.67 bits per heavy atom. The Morgan fingerprint density at radius 1 is 1.38 bits per heavy atom. The number of aromatic nitrogens is 1. The van der Waals surface area contributed by atoms with E-state index in [1.165, 1.54) is 6.20 Å². The van der Waals surface area contributed by atoms with Crippen molar-refractivity contribution in [1.29, 1.82) is 0 Å². The Bertz CT molecular complexity index is 444. The van der Waals surface area contributed by atoms with Gasteiger partial charge in [0, 0.05) is 12.8 Å². The number of likely N-dealkylation sites (N-methyl/N-ethyl adjacent to an activating group) is 1. The van der Waals surface area contributed by atoms with Gasteiger partial charge in [-0.1, -0.05) is 13.8 Å². The van der Waals surface area contributed by atoms with E-state index in [9.17, 15) is 4.39 Å². The van der Waals surface area contributed by atoms with Crippen LogP contribution in [0.15, 0.2) is 18.5 Å². The molecular weight excluding hydrogens is 267 g/mol. The summed E-state index contributed by atoms with van der Waals surface area (Å²) in [4.78, 5) is 4.02. The minimum Gasteiger partial charge on any atom is -0.373 e. The highest BCUT2D eigenvalue weighted by molar-refractivity contribution is 5.20. The molecule has 4 heteroatoms. The zero-order chi connectivity index (χ0) is 15.3. The fraction of sp³-hybridized carbons (Fsp3) is 0.706. The van der Waals surface area contributed by atoms with Crippen molar-refractivity contribution in [3.05, 3.63) is 29.8 Å². The normalized spacial score (nSPS) is 27.5. The predicted molar refractivity (Wildman–Crippen MR) is 82.6 cm³/mol. The molecule has 1 aromatic rings. The van der Waals surface area contributed by atoms with Gasteiger partial charge in [-0.2, -0.15) is 0 Å². The molecule has 1 N–H and O–H groups in total. The lowest BCUT2D eigenvalue weighted by Crippen LogP contribution is -2.48. The number of pyridine rings is 1. The van der Waals surface area contributed by atoms with Gasteiger partial charge in [-0.3, -0.25) is 4.98 Å². The molecule has 0 bridgehead atoms. The third kappa shape index (κ3) is 3.80. The molecule has 1 fully saturated rings. The van der Waals surface area contributed by atoms with E-state index in [2.05, 4.69) is 24.1 Å². The summed E-state index contributed by atoms with van der Waals surface area (Å²) in [5, 5.41) is 3.50. The molecule has 118 valence electrons. The van der Waals surface area contributed by atoms with E-state index in [0.717, 1.165) is 43.7 Å². The number of halogens is 1. The van der Waals surface area contributed by atoms with Gasteiger partial charge in [0.05, 0.1) is 17.8 Å². The first-order valence-electron chi connectivity index (χ1n) is 8.09. The molecule has 0 amide bonds. The minimum absolute atomic E-state index is 0.00171. The van der Waals surface area contributed by atoms with Crippen LogP contribution in [0.5, 0.6) is 0 Å². The third-order valence-corrected chi connectivity index (χ3v) is 4.55. The Hall–Kier alpha value is -1.00. The minimum atomic E-state index is -0.286. The second kappa shape index (κ2) is 7.32. The predicted octanol–water partition coefficient (Wildman–Crippen LogP) is 3.86. The lowest BCUT2D eigenvalue weighted by atomic mass is 9.73. The molecule has 1 unspecified atom stereocenters. The van der Waals surface area contributed by atoms with Crippen LogP contribution in [0, 0.1) is 11.7 Å². The fourth-order valence-corrected chi connectivity index (χ4v) is 3.45. The standard InChI is InChI=1S/C17H27FN2O/c1-4-20-16(14-10-15(18)12-19-11-14)17(21-5-2)8-6-13(3)7-9-17/h10-13,16,20H,4-9H2,1-3H3. The molecule has 1 atom stereocenters. The molecule has 1 aliphatic carbocycles. The van der Waals surface area contributed by atoms with Gasteiger partial charge in [0.25, 0.3) is 0 Å². The second-order valence-electron chi connectivity index (χ2n) is 6.11. The van der Waals surface area contributed by atoms with Crippen LogP contribution >= 0.6 is 0 Å². The van der Waals surface area contributed by atoms with Crippen LogP contribution < -0.4 is 5.32 Å². The molecule has 1 aromatic heterocycles. The Morgan fingerprint density at radius 2 is 2.10 bits per heavy atom. The van der Waals surface area contributed by atoms with E-state index in [0.29, 0.717) is 6.61 Å². The maximum Gasteiger partial charge on any atom is 0.141 e. The summed E-state index contributed by atoms with van der Waals surface area (Å²) in [6.45, 7) is 7.91. The van der Waals surface area contributed by atoms with Gasteiger partial charge in [0.1, 0.15) is 5.82 Å². The van der Waals surface area contributed by atoms with E-state index in [1.807, 2.05) is 6.92 Å². The summed E-state index contributed by atoms with van der Waals surface area (Å²) < 4.78 is 19.8. The Kier molecular flexibility index (Phi) is 5.71. The molecule has 1 heterocycles. The smallest absolute Gasteiger partial charge is 0.141 e. The number of rotatable bonds is 6. The number of ether oxygens (including phenoxy) is 1. The van der Waals surface area contributed by atoms with Crippen LogP contribution in [-0.2, 0) is 4.74 Å². The van der Waals surface area contributed by atoms with Crippen LogP contribution in [0.2, 0.25) is 0 Å². The zero-order valence-electron chi connectivity index (χ0n) is 13.4. The van der Waals surface area contributed by atoms with Gasteiger partial charge < -0.3 is 10.1 Å². The van der Waals surface area contributed by atoms with Gasteiger partial charge >= 0.3 is 0 Å². The quantitative estimate of drug-likeness (QED) is 0.865. The van der Waals surface area contributed by atoms with Crippen molar-refractivity contribution >= 4 is 0 Å². The molecule has 0 spiro atoms. The number of nitrogens with zero attached hydrogens (tertiary/aromatic N) is 1. The van der Waals surface area contributed by atoms with Crippen molar-refractivity contribution < 1.29 is 9.13 Å². The summed E-state index contributed by atoms with van der Waals surface area (Å²) in [6.07, 6.45) is 7.35. The molecule has 2 rings (SSSR count). The van der Waals surface area contributed by atoms with Crippen molar-refractivity contribution in [3.63, 3.8) is 0 Å². The number of nitrogens with one attached hydrogen (secondary N) is 1. The van der Waals surface area contributed by atoms with Gasteiger partial charge in [0.15, 0.2) is 0 Å². The van der Waals surface area contributed by atoms with E-state index < -0.39 is 0 Å². The van der Waals surface area contributed by atoms with Crippen LogP contribution in [-0.4, -0.2) is 23.7 Å². The largest absolute Gasteiger partial charge is 0.373 e. The highest BCUT2D eigenvalue weighted by Gasteiger charge is 2.42. The number of hydrogen-bond acceptors (Lipinski definition) is 3. The third-order valence-electron chi connectivity index (χ3n) is 4.55. The maximum absolute atomic E-state index is 13.6. The molecular formula is C17H27FN2O. The fourth-order valence-electron chi connectivity index (χ4n) is 3.45. The van der Waals surface area contributed by atoms with Crippen LogP contribution in [0.3, 0.4) is 0 Å². The summed E-state index contributed by atoms with van der Waals surface area (Å²) in [7, 11) is 0. The second-order valence-corrected chi connectivity index (χ2v) is 6.11. The molecule has 21 heavy (non-hydrogen) atoms. The average molecular weight is 294 g/mol. The SMILES string of the molecule is CCNC(c1cncc(F)c1)C1(OCC)CCC(C)CC1. The van der Waals surface area contributed by atoms with Crippen LogP contribution in [0.4, 0.5) is 4.39 Å². The zero-order valence-corrected chi connectivity index (χ0v) is 13.4. The highest BCUT2D eigenvalue weighted by atomic mass is 19.1. The van der Waals surface area contributed by atoms with E-state index in [-0.39, 0.29) is 17.5 Å². The summed E-state index contributed by atoms with van der Waals surface area (Å²) in [5.74, 6) is 0.456. The van der Waals surface area contributed by atoms with Crippen LogP contribution in [0.1, 0.15) is 58.1 Å². The first kappa shape index (κ1) is 16.4. The van der Waals surface area contributed by atoms with Crippen molar-refractivity contribution in [1.82, 2.24) is 10.3 Å². The molecule has 0 radical (unpaired) electrons. The Balaban J connectivity index is 2.32. The highest BCUT2D eigenvalue weighted by Crippen LogP contribution is 2.43. The van der Waals surface area contributed by atoms with E-state index >= 15 is 0 Å². The first-order valence-corrected chi connectivity index (χ1v) is 8.09. The first-order chi connectivity index (χ1) is 10.1. The lowest BCUT2D eigenvalue weighted by Gasteiger charge is -2.45. The summed E-state index contributed by atoms with van der Waals surface area (Å²) in [6, 6.07) is 1.58. The monoisotopic (exact) mass is 294 g/mol. The average Bonchev–Trinajstić information content (AvgIpc) is 2.48. The van der Waals surface area contributed by atoms with Crippen LogP contribution in [0.25, 0.3) is 0 Å². The number of hydrogen-bond donors (Lipinski definition) is 1. The Labute approximate surface area is 127 Å². The van der Waals surface area contributed by atoms with Crippen molar-refractivity contribution in [2.45, 2.75) is 58.1 Å². The molecule has 1 aliphatic rings. The van der Waals surface area contributed by atoms with Gasteiger partial charge in [0.2, 0.25) is 0 Å². The summed E-state index contributed by atoms with van der Waals surface area (Å²) >= 11 is 0. The topological polar surface area (TPSA) is 34.2 Å². The molecule has 3 nitrogen and oxygen atoms in total. The molecule has 1 saturated carbocycles. The molecule has 0 saturated heterocycles. The van der Waals surface area contributed by atoms with E-state index in [4.69, 9.17) is 4.74 Å². The van der Waals surface area contributed by atoms with Gasteiger partial charge in [-0.15, -0.1) is 0 Å². The van der Waals surface area contributed by atoms with E-state index in [1.54, 1.807) is 12.3 Å². The van der Waals surface area contributed by atoms with Gasteiger partial charge in [-0.05, 0) is 56.7 Å². The van der Waals surface area contributed by atoms with Crippen molar-refractivity contribution in [2.24, 2.45) is 5.92 Å². The van der Waals surface area contributed by atoms with Gasteiger partial charge in [-0.25, -0.2) is 4.39 Å². The molecule has 0 aromatic carbocycles. The van der Waals surface area contributed by atoms with Crippen molar-refractivity contribution in [2.75, 3.05) is 13.2 Å². The molecule has 0 aliphatic heterocycles. The summed E-state index contributed by atoms with van der Waals surface area (Å²) in [5.41, 5.74) is 0.645. The maximum atomic E-state index is 13.6. The van der Waals surface area contributed by atoms with Crippen molar-refractivity contribution in [3.8, 4) is 0 Å².